The maximum atomic E-state index is 11.9. The molecular formula is C10H9F3N2O4. The fraction of sp³-hybridized carbons (Fsp3) is 0.200. The van der Waals surface area contributed by atoms with Crippen LogP contribution in [0.25, 0.3) is 0 Å². The molecule has 0 aliphatic rings. The molecule has 2 amide bonds. The third-order valence-corrected chi connectivity index (χ3v) is 1.87. The first-order chi connectivity index (χ1) is 8.69. The molecule has 0 radical (unpaired) electrons. The third-order valence-electron chi connectivity index (χ3n) is 1.87. The maximum Gasteiger partial charge on any atom is 0.573 e. The van der Waals surface area contributed by atoms with Crippen LogP contribution >= 0.6 is 0 Å². The second-order valence-corrected chi connectivity index (χ2v) is 3.37. The zero-order chi connectivity index (χ0) is 14.6. The Morgan fingerprint density at radius 1 is 1.26 bits per heavy atom. The normalized spacial score (nSPS) is 12.6. The smallest absolute Gasteiger partial charge is 0.406 e. The van der Waals surface area contributed by atoms with E-state index >= 15 is 0 Å². The van der Waals surface area contributed by atoms with Crippen molar-refractivity contribution in [3.8, 4) is 5.75 Å². The van der Waals surface area contributed by atoms with E-state index in [1.165, 1.54) is 0 Å². The van der Waals surface area contributed by atoms with Crippen LogP contribution in [0.15, 0.2) is 24.3 Å². The summed E-state index contributed by atoms with van der Waals surface area (Å²) in [7, 11) is 0. The lowest BCUT2D eigenvalue weighted by molar-refractivity contribution is -0.274. The van der Waals surface area contributed by atoms with Crippen molar-refractivity contribution in [1.29, 1.82) is 0 Å². The Labute approximate surface area is 105 Å². The summed E-state index contributed by atoms with van der Waals surface area (Å²) in [4.78, 5) is 21.7. The van der Waals surface area contributed by atoms with E-state index in [-0.39, 0.29) is 5.69 Å². The number of nitrogens with two attached hydrogens (primary N) is 1. The molecule has 6 nitrogen and oxygen atoms in total. The lowest BCUT2D eigenvalue weighted by atomic mass is 10.2. The van der Waals surface area contributed by atoms with E-state index in [0.717, 1.165) is 24.3 Å². The summed E-state index contributed by atoms with van der Waals surface area (Å²) in [6, 6.07) is 4.12. The van der Waals surface area contributed by atoms with Crippen molar-refractivity contribution in [1.82, 2.24) is 0 Å². The highest BCUT2D eigenvalue weighted by molar-refractivity contribution is 6.08. The van der Waals surface area contributed by atoms with Crippen LogP contribution in [0.4, 0.5) is 18.9 Å². The number of ether oxygens (including phenoxy) is 1. The van der Waals surface area contributed by atoms with Gasteiger partial charge in [-0.1, -0.05) is 0 Å². The molecule has 0 heterocycles. The largest absolute Gasteiger partial charge is 0.573 e. The first-order valence-electron chi connectivity index (χ1n) is 4.83. The minimum absolute atomic E-state index is 0.0693. The summed E-state index contributed by atoms with van der Waals surface area (Å²) >= 11 is 0. The Kier molecular flexibility index (Phi) is 4.33. The van der Waals surface area contributed by atoms with Gasteiger partial charge in [-0.15, -0.1) is 13.2 Å². The molecule has 1 aromatic rings. The van der Waals surface area contributed by atoms with Crippen molar-refractivity contribution < 1.29 is 32.6 Å². The van der Waals surface area contributed by atoms with E-state index in [9.17, 15) is 22.8 Å². The molecule has 1 unspecified atom stereocenters. The van der Waals surface area contributed by atoms with E-state index < -0.39 is 30.0 Å². The van der Waals surface area contributed by atoms with Gasteiger partial charge in [0.25, 0.3) is 11.8 Å². The van der Waals surface area contributed by atoms with Gasteiger partial charge in [0.2, 0.25) is 6.10 Å². The predicted octanol–water partition coefficient (Wildman–Crippen LogP) is 0.370. The molecule has 1 rings (SSSR count). The zero-order valence-corrected chi connectivity index (χ0v) is 9.27. The Morgan fingerprint density at radius 2 is 1.79 bits per heavy atom. The summed E-state index contributed by atoms with van der Waals surface area (Å²) in [6.45, 7) is 0. The molecular weight excluding hydrogens is 269 g/mol. The van der Waals surface area contributed by atoms with E-state index in [0.29, 0.717) is 0 Å². The summed E-state index contributed by atoms with van der Waals surface area (Å²) in [6.07, 6.45) is -6.85. The Bertz CT molecular complexity index is 473. The van der Waals surface area contributed by atoms with Gasteiger partial charge in [0, 0.05) is 5.69 Å². The van der Waals surface area contributed by atoms with Gasteiger partial charge in [-0.25, -0.2) is 0 Å². The molecule has 4 N–H and O–H groups in total. The van der Waals surface area contributed by atoms with Gasteiger partial charge in [-0.3, -0.25) is 9.59 Å². The SMILES string of the molecule is NC(=O)C(O)C(=O)Nc1ccc(OC(F)(F)F)cc1. The number of nitrogens with one attached hydrogen (secondary N) is 1. The van der Waals surface area contributed by atoms with E-state index in [4.69, 9.17) is 5.11 Å². The molecule has 0 fully saturated rings. The van der Waals surface area contributed by atoms with Gasteiger partial charge in [0.15, 0.2) is 0 Å². The Morgan fingerprint density at radius 3 is 2.21 bits per heavy atom. The average molecular weight is 278 g/mol. The molecule has 19 heavy (non-hydrogen) atoms. The molecule has 0 aromatic heterocycles. The molecule has 0 spiro atoms. The first kappa shape index (κ1) is 14.8. The highest BCUT2D eigenvalue weighted by Crippen LogP contribution is 2.23. The summed E-state index contributed by atoms with van der Waals surface area (Å²) in [5.41, 5.74) is 4.76. The second-order valence-electron chi connectivity index (χ2n) is 3.37. The van der Waals surface area contributed by atoms with Crippen molar-refractivity contribution in [2.24, 2.45) is 5.73 Å². The number of carbonyl (C=O) groups excluding carboxylic acids is 2. The second kappa shape index (κ2) is 5.57. The number of benzene rings is 1. The lowest BCUT2D eigenvalue weighted by Gasteiger charge is -2.10. The van der Waals surface area contributed by atoms with Gasteiger partial charge >= 0.3 is 6.36 Å². The predicted molar refractivity (Wildman–Crippen MR) is 57.0 cm³/mol. The molecule has 104 valence electrons. The monoisotopic (exact) mass is 278 g/mol. The average Bonchev–Trinajstić information content (AvgIpc) is 2.28. The number of amides is 2. The van der Waals surface area contributed by atoms with Crippen LogP contribution in [0.1, 0.15) is 0 Å². The topological polar surface area (TPSA) is 102 Å². The summed E-state index contributed by atoms with van der Waals surface area (Å²) in [5, 5.41) is 11.1. The number of alkyl halides is 3. The van der Waals surface area contributed by atoms with Gasteiger partial charge < -0.3 is 20.9 Å². The minimum Gasteiger partial charge on any atom is -0.406 e. The first-order valence-corrected chi connectivity index (χ1v) is 4.83. The van der Waals surface area contributed by atoms with Gasteiger partial charge in [-0.2, -0.15) is 0 Å². The zero-order valence-electron chi connectivity index (χ0n) is 9.27. The quantitative estimate of drug-likeness (QED) is 0.692. The number of hydrogen-bond acceptors (Lipinski definition) is 4. The standard InChI is InChI=1S/C10H9F3N2O4/c11-10(12,13)19-6-3-1-5(2-4-6)15-9(18)7(16)8(14)17/h1-4,7,16H,(H2,14,17)(H,15,18). The van der Waals surface area contributed by atoms with Crippen molar-refractivity contribution in [2.45, 2.75) is 12.5 Å². The van der Waals surface area contributed by atoms with Crippen molar-refractivity contribution in [2.75, 3.05) is 5.32 Å². The van der Waals surface area contributed by atoms with Crippen LogP contribution in [-0.2, 0) is 9.59 Å². The van der Waals surface area contributed by atoms with Crippen LogP contribution in [0.5, 0.6) is 5.75 Å². The highest BCUT2D eigenvalue weighted by atomic mass is 19.4. The van der Waals surface area contributed by atoms with Crippen molar-refractivity contribution >= 4 is 17.5 Å². The number of aliphatic hydroxyl groups is 1. The number of carbonyl (C=O) groups is 2. The van der Waals surface area contributed by atoms with Crippen LogP contribution in [0.2, 0.25) is 0 Å². The number of anilines is 1. The van der Waals surface area contributed by atoms with Crippen LogP contribution < -0.4 is 15.8 Å². The molecule has 0 aliphatic heterocycles. The lowest BCUT2D eigenvalue weighted by Crippen LogP contribution is -2.39. The fourth-order valence-electron chi connectivity index (χ4n) is 1.08. The van der Waals surface area contributed by atoms with Gasteiger partial charge in [0.1, 0.15) is 5.75 Å². The van der Waals surface area contributed by atoms with Gasteiger partial charge in [0.05, 0.1) is 0 Å². The van der Waals surface area contributed by atoms with Crippen LogP contribution in [0, 0.1) is 0 Å². The molecule has 0 bridgehead atoms. The summed E-state index contributed by atoms with van der Waals surface area (Å²) < 4.78 is 39.2. The molecule has 9 heteroatoms. The van der Waals surface area contributed by atoms with Crippen molar-refractivity contribution in [3.63, 3.8) is 0 Å². The Hall–Kier alpha value is -2.29. The Balaban J connectivity index is 2.67. The molecule has 1 atom stereocenters. The number of rotatable bonds is 4. The summed E-state index contributed by atoms with van der Waals surface area (Å²) in [5.74, 6) is -2.80. The van der Waals surface area contributed by atoms with E-state index in [2.05, 4.69) is 15.8 Å². The molecule has 0 saturated carbocycles. The fourth-order valence-corrected chi connectivity index (χ4v) is 1.08. The number of aliphatic hydroxyl groups excluding tert-OH is 1. The molecule has 0 saturated heterocycles. The number of halogens is 3. The van der Waals surface area contributed by atoms with E-state index in [1.807, 2.05) is 0 Å². The number of primary amides is 1. The number of hydrogen-bond donors (Lipinski definition) is 3. The third kappa shape index (κ3) is 4.84. The van der Waals surface area contributed by atoms with E-state index in [1.54, 1.807) is 0 Å². The molecule has 0 aliphatic carbocycles. The maximum absolute atomic E-state index is 11.9. The highest BCUT2D eigenvalue weighted by Gasteiger charge is 2.31. The van der Waals surface area contributed by atoms with Gasteiger partial charge in [-0.05, 0) is 24.3 Å². The minimum atomic E-state index is -4.81. The molecule has 1 aromatic carbocycles. The van der Waals surface area contributed by atoms with Crippen molar-refractivity contribution in [3.05, 3.63) is 24.3 Å². The van der Waals surface area contributed by atoms with Crippen LogP contribution in [-0.4, -0.2) is 29.4 Å². The van der Waals surface area contributed by atoms with Crippen LogP contribution in [0.3, 0.4) is 0 Å².